The van der Waals surface area contributed by atoms with Gasteiger partial charge in [0.2, 0.25) is 0 Å². The zero-order valence-electron chi connectivity index (χ0n) is 32.9. The molecule has 0 heterocycles. The zero-order chi connectivity index (χ0) is 35.7. The van der Waals surface area contributed by atoms with Crippen molar-refractivity contribution in [3.8, 4) is 0 Å². The minimum Gasteiger partial charge on any atom is -0.388 e. The average Bonchev–Trinajstić information content (AvgIpc) is 3.64. The van der Waals surface area contributed by atoms with E-state index in [0.717, 1.165) is 0 Å². The Labute approximate surface area is 300 Å². The van der Waals surface area contributed by atoms with Gasteiger partial charge in [-0.25, -0.2) is 0 Å². The van der Waals surface area contributed by atoms with Gasteiger partial charge in [0.25, 0.3) is 0 Å². The van der Waals surface area contributed by atoms with Crippen molar-refractivity contribution in [1.29, 1.82) is 0 Å². The lowest BCUT2D eigenvalue weighted by molar-refractivity contribution is 0.533. The number of aryl methyl sites for hydroxylation is 2. The number of hydrogen-bond donors (Lipinski definition) is 1. The van der Waals surface area contributed by atoms with Crippen LogP contribution in [0.25, 0.3) is 0 Å². The van der Waals surface area contributed by atoms with Gasteiger partial charge in [0.05, 0.1) is 0 Å². The summed E-state index contributed by atoms with van der Waals surface area (Å²) in [4.78, 5) is 0. The summed E-state index contributed by atoms with van der Waals surface area (Å²) >= 11 is 0. The van der Waals surface area contributed by atoms with Crippen molar-refractivity contribution in [3.05, 3.63) is 117 Å². The summed E-state index contributed by atoms with van der Waals surface area (Å²) in [5.41, 5.74) is 13.7. The number of benzene rings is 4. The maximum absolute atomic E-state index is 3.58. The molecule has 0 fully saturated rings. The summed E-state index contributed by atoms with van der Waals surface area (Å²) in [5.74, 6) is 1.09. The molecule has 4 aromatic rings. The van der Waals surface area contributed by atoms with Gasteiger partial charge in [-0.1, -0.05) is 150 Å². The molecule has 2 aliphatic carbocycles. The van der Waals surface area contributed by atoms with Gasteiger partial charge >= 0.3 is 0 Å². The second-order valence-electron chi connectivity index (χ2n) is 19.1. The van der Waals surface area contributed by atoms with Gasteiger partial charge in [0.15, 0.2) is 0 Å². The van der Waals surface area contributed by atoms with Crippen molar-refractivity contribution in [3.63, 3.8) is 0 Å². The number of hydrogen-bond acceptors (Lipinski definition) is 1. The van der Waals surface area contributed by atoms with E-state index in [4.69, 9.17) is 0 Å². The molecule has 1 nitrogen and oxygen atoms in total. The quantitative estimate of drug-likeness (QED) is 0.208. The highest BCUT2D eigenvalue weighted by molar-refractivity contribution is 7.80. The normalized spacial score (nSPS) is 18.2. The van der Waals surface area contributed by atoms with Crippen LogP contribution in [0.15, 0.2) is 72.8 Å². The average molecular weight is 672 g/mol. The third-order valence-corrected chi connectivity index (χ3v) is 13.8. The molecule has 0 saturated heterocycles. The molecule has 2 aliphatic rings. The molecule has 0 bridgehead atoms. The molecule has 1 unspecified atom stereocenters. The molecule has 4 aromatic carbocycles. The molecule has 0 spiro atoms. The SMILES string of the molecule is CNc1cccc2c1[C@@H](C1CCc3cccc(P(c4cc(C(C)(C)C)cc(C(C)(C)C)c4)c4cc(C(C)(C)C)cc(C(C)(C)C)c4)c31)CC2. The molecule has 1 N–H and O–H groups in total. The molecule has 0 amide bonds. The Kier molecular flexibility index (Phi) is 9.31. The molecular weight excluding hydrogens is 609 g/mol. The van der Waals surface area contributed by atoms with Crippen LogP contribution >= 0.6 is 7.92 Å². The van der Waals surface area contributed by atoms with E-state index in [9.17, 15) is 0 Å². The first kappa shape index (κ1) is 35.9. The Balaban J connectivity index is 1.66. The largest absolute Gasteiger partial charge is 0.388 e. The van der Waals surface area contributed by atoms with Crippen molar-refractivity contribution < 1.29 is 0 Å². The predicted molar refractivity (Wildman–Crippen MR) is 218 cm³/mol. The number of rotatable bonds is 5. The number of fused-ring (bicyclic) bond motifs is 2. The lowest BCUT2D eigenvalue weighted by Crippen LogP contribution is -2.30. The van der Waals surface area contributed by atoms with Gasteiger partial charge in [-0.15, -0.1) is 0 Å². The maximum Gasteiger partial charge on any atom is 0.0375 e. The second-order valence-corrected chi connectivity index (χ2v) is 21.3. The van der Waals surface area contributed by atoms with E-state index in [-0.39, 0.29) is 21.7 Å². The Hall–Kier alpha value is -2.89. The van der Waals surface area contributed by atoms with Crippen LogP contribution in [0.5, 0.6) is 0 Å². The minimum atomic E-state index is -0.837. The minimum absolute atomic E-state index is 0.0547. The third kappa shape index (κ3) is 7.04. The number of anilines is 1. The Morgan fingerprint density at radius 3 is 1.31 bits per heavy atom. The molecule has 2 heteroatoms. The van der Waals surface area contributed by atoms with Crippen molar-refractivity contribution in [2.75, 3.05) is 12.4 Å². The Bertz CT molecular complexity index is 1710. The summed E-state index contributed by atoms with van der Waals surface area (Å²) in [6, 6.07) is 29.6. The number of nitrogens with one attached hydrogen (secondary N) is 1. The molecule has 0 aliphatic heterocycles. The van der Waals surface area contributed by atoms with E-state index in [1.165, 1.54) is 64.2 Å². The van der Waals surface area contributed by atoms with Crippen LogP contribution in [-0.2, 0) is 34.5 Å². The molecule has 0 aromatic heterocycles. The Morgan fingerprint density at radius 1 is 0.510 bits per heavy atom. The van der Waals surface area contributed by atoms with Crippen LogP contribution < -0.4 is 21.2 Å². The first-order valence-corrected chi connectivity index (χ1v) is 20.1. The van der Waals surface area contributed by atoms with Crippen molar-refractivity contribution in [1.82, 2.24) is 0 Å². The van der Waals surface area contributed by atoms with Crippen LogP contribution in [0.3, 0.4) is 0 Å². The highest BCUT2D eigenvalue weighted by Crippen LogP contribution is 2.53. The van der Waals surface area contributed by atoms with Gasteiger partial charge in [0.1, 0.15) is 0 Å². The third-order valence-electron chi connectivity index (χ3n) is 11.4. The van der Waals surface area contributed by atoms with Crippen LogP contribution in [0.2, 0.25) is 0 Å². The maximum atomic E-state index is 3.58. The molecule has 49 heavy (non-hydrogen) atoms. The molecular formula is C47H62NP. The van der Waals surface area contributed by atoms with E-state index in [1.54, 1.807) is 27.6 Å². The molecule has 0 saturated carbocycles. The van der Waals surface area contributed by atoms with E-state index in [0.29, 0.717) is 11.8 Å². The van der Waals surface area contributed by atoms with E-state index in [2.05, 4.69) is 168 Å². The lowest BCUT2D eigenvalue weighted by Gasteiger charge is -2.33. The fourth-order valence-corrected chi connectivity index (χ4v) is 11.0. The van der Waals surface area contributed by atoms with Gasteiger partial charge in [0, 0.05) is 12.7 Å². The van der Waals surface area contributed by atoms with Crippen molar-refractivity contribution in [2.45, 2.75) is 142 Å². The molecule has 2 atom stereocenters. The van der Waals surface area contributed by atoms with E-state index < -0.39 is 7.92 Å². The standard InChI is InChI=1S/C47H62NP/c1-44(2,3)32-24-33(45(4,5)6)27-36(26-32)49(37-28-34(46(7,8)9)25-35(29-37)47(10,11)12)41-19-15-17-31-21-23-39(43(31)41)38-22-20-30-16-14-18-40(48-13)42(30)38/h14-19,24-29,38-39,48H,20-23H2,1-13H3/t38-,39?/m1/s1. The van der Waals surface area contributed by atoms with Gasteiger partial charge < -0.3 is 5.32 Å². The summed E-state index contributed by atoms with van der Waals surface area (Å²) in [5, 5.41) is 8.16. The lowest BCUT2D eigenvalue weighted by atomic mass is 9.81. The molecule has 260 valence electrons. The summed E-state index contributed by atoms with van der Waals surface area (Å²) in [6.07, 6.45) is 4.84. The van der Waals surface area contributed by atoms with Gasteiger partial charge in [-0.2, -0.15) is 0 Å². The fraction of sp³-hybridized carbons (Fsp3) is 0.489. The first-order valence-electron chi connectivity index (χ1n) is 18.8. The van der Waals surface area contributed by atoms with E-state index in [1.807, 2.05) is 0 Å². The van der Waals surface area contributed by atoms with Gasteiger partial charge in [-0.3, -0.25) is 0 Å². The molecule has 0 radical (unpaired) electrons. The van der Waals surface area contributed by atoms with Crippen LogP contribution in [0.4, 0.5) is 5.69 Å². The summed E-state index contributed by atoms with van der Waals surface area (Å²) in [6.45, 7) is 28.6. The van der Waals surface area contributed by atoms with Crippen LogP contribution in [-0.4, -0.2) is 7.05 Å². The predicted octanol–water partition coefficient (Wildman–Crippen LogP) is 11.4. The van der Waals surface area contributed by atoms with Crippen LogP contribution in [0, 0.1) is 0 Å². The highest BCUT2D eigenvalue weighted by Gasteiger charge is 2.39. The summed E-state index contributed by atoms with van der Waals surface area (Å²) in [7, 11) is 1.26. The second kappa shape index (κ2) is 12.7. The smallest absolute Gasteiger partial charge is 0.0375 e. The van der Waals surface area contributed by atoms with Crippen LogP contribution in [0.1, 0.15) is 152 Å². The van der Waals surface area contributed by atoms with Crippen molar-refractivity contribution in [2.24, 2.45) is 0 Å². The van der Waals surface area contributed by atoms with Crippen molar-refractivity contribution >= 4 is 29.5 Å². The summed E-state index contributed by atoms with van der Waals surface area (Å²) < 4.78 is 0. The molecule has 6 rings (SSSR count). The monoisotopic (exact) mass is 671 g/mol. The van der Waals surface area contributed by atoms with E-state index >= 15 is 0 Å². The fourth-order valence-electron chi connectivity index (χ4n) is 8.28. The highest BCUT2D eigenvalue weighted by atomic mass is 31.1. The topological polar surface area (TPSA) is 12.0 Å². The zero-order valence-corrected chi connectivity index (χ0v) is 33.8. The first-order chi connectivity index (χ1) is 22.8. The Morgan fingerprint density at radius 2 is 0.898 bits per heavy atom. The van der Waals surface area contributed by atoms with Gasteiger partial charge in [-0.05, 0) is 134 Å².